The van der Waals surface area contributed by atoms with Crippen molar-refractivity contribution in [2.24, 2.45) is 0 Å². The molecule has 4 rings (SSSR count). The van der Waals surface area contributed by atoms with Crippen molar-refractivity contribution >= 4 is 49.8 Å². The van der Waals surface area contributed by atoms with Crippen molar-refractivity contribution in [1.29, 1.82) is 0 Å². The number of nitrogens with one attached hydrogen (secondary N) is 1. The number of aryl methyl sites for hydroxylation is 1. The van der Waals surface area contributed by atoms with Crippen LogP contribution in [0.1, 0.15) is 25.7 Å². The minimum absolute atomic E-state index is 0.137. The molecule has 0 spiro atoms. The molecule has 0 aliphatic carbocycles. The van der Waals surface area contributed by atoms with E-state index >= 15 is 0 Å². The minimum atomic E-state index is -1.24. The van der Waals surface area contributed by atoms with E-state index in [-0.39, 0.29) is 26.7 Å². The summed E-state index contributed by atoms with van der Waals surface area (Å²) in [6.07, 6.45) is 0. The van der Waals surface area contributed by atoms with Crippen LogP contribution in [0.3, 0.4) is 0 Å². The van der Waals surface area contributed by atoms with Crippen LogP contribution in [0, 0.1) is 12.7 Å². The third-order valence-corrected chi connectivity index (χ3v) is 6.07. The molecule has 0 aliphatic heterocycles. The summed E-state index contributed by atoms with van der Waals surface area (Å²) in [5, 5.41) is 14.2. The van der Waals surface area contributed by atoms with Gasteiger partial charge in [-0.25, -0.2) is 14.2 Å². The van der Waals surface area contributed by atoms with Crippen molar-refractivity contribution in [3.63, 3.8) is 0 Å². The Morgan fingerprint density at radius 1 is 1.14 bits per heavy atom. The number of carbonyl (C=O) groups excluding carboxylic acids is 1. The number of thiazole rings is 1. The number of anilines is 1. The molecule has 0 unspecified atom stereocenters. The van der Waals surface area contributed by atoms with Crippen LogP contribution < -0.4 is 5.32 Å². The van der Waals surface area contributed by atoms with Gasteiger partial charge in [0, 0.05) is 16.5 Å². The number of para-hydroxylation sites is 1. The summed E-state index contributed by atoms with van der Waals surface area (Å²) in [5.41, 5.74) is 1.71. The predicted octanol–water partition coefficient (Wildman–Crippen LogP) is 5.42. The molecule has 0 saturated carbocycles. The molecule has 0 fully saturated rings. The van der Waals surface area contributed by atoms with Crippen LogP contribution in [-0.2, 0) is 0 Å². The number of hydrogen-bond acceptors (Lipinski definition) is 5. The minimum Gasteiger partial charge on any atom is -0.478 e. The molecule has 2 N–H and O–H groups in total. The van der Waals surface area contributed by atoms with Gasteiger partial charge in [-0.15, -0.1) is 22.7 Å². The van der Waals surface area contributed by atoms with Gasteiger partial charge in [0.1, 0.15) is 16.4 Å². The summed E-state index contributed by atoms with van der Waals surface area (Å²) in [5.74, 6) is -2.25. The maximum atomic E-state index is 14.4. The Hall–Kier alpha value is -3.10. The second-order valence-electron chi connectivity index (χ2n) is 6.08. The molecule has 5 nitrogen and oxygen atoms in total. The molecule has 2 aromatic carbocycles. The number of amides is 1. The lowest BCUT2D eigenvalue weighted by atomic mass is 10.0. The number of carboxylic acid groups (broad SMARTS) is 1. The van der Waals surface area contributed by atoms with Crippen LogP contribution >= 0.6 is 22.7 Å². The SMILES string of the molecule is Cc1ccc(-c2csc(NC(=O)c3nc4ccccc4s3)c2C(=O)O)c(F)c1. The molecular weight excluding hydrogens is 399 g/mol. The number of hydrogen-bond donors (Lipinski definition) is 2. The lowest BCUT2D eigenvalue weighted by Gasteiger charge is -2.06. The van der Waals surface area contributed by atoms with Crippen molar-refractivity contribution in [1.82, 2.24) is 4.98 Å². The predicted molar refractivity (Wildman–Crippen MR) is 109 cm³/mol. The van der Waals surface area contributed by atoms with Gasteiger partial charge in [-0.05, 0) is 30.7 Å². The van der Waals surface area contributed by atoms with Crippen molar-refractivity contribution in [2.45, 2.75) is 6.92 Å². The summed E-state index contributed by atoms with van der Waals surface area (Å²) >= 11 is 2.26. The first-order valence-corrected chi connectivity index (χ1v) is 9.92. The van der Waals surface area contributed by atoms with Crippen molar-refractivity contribution < 1.29 is 19.1 Å². The first-order valence-electron chi connectivity index (χ1n) is 8.22. The number of aromatic carboxylic acids is 1. The highest BCUT2D eigenvalue weighted by molar-refractivity contribution is 7.20. The second kappa shape index (κ2) is 7.14. The first-order chi connectivity index (χ1) is 13.4. The molecule has 1 amide bonds. The molecule has 0 radical (unpaired) electrons. The van der Waals surface area contributed by atoms with Gasteiger partial charge in [-0.3, -0.25) is 4.79 Å². The highest BCUT2D eigenvalue weighted by Gasteiger charge is 2.24. The zero-order chi connectivity index (χ0) is 19.8. The Morgan fingerprint density at radius 3 is 2.64 bits per heavy atom. The van der Waals surface area contributed by atoms with Crippen LogP contribution in [0.25, 0.3) is 21.3 Å². The summed E-state index contributed by atoms with van der Waals surface area (Å²) < 4.78 is 15.2. The van der Waals surface area contributed by atoms with Crippen molar-refractivity contribution in [2.75, 3.05) is 5.32 Å². The van der Waals surface area contributed by atoms with Gasteiger partial charge in [0.05, 0.1) is 10.2 Å². The fourth-order valence-electron chi connectivity index (χ4n) is 2.82. The van der Waals surface area contributed by atoms with Gasteiger partial charge in [0.2, 0.25) is 0 Å². The van der Waals surface area contributed by atoms with Crippen LogP contribution in [-0.4, -0.2) is 22.0 Å². The Balaban J connectivity index is 1.71. The molecule has 28 heavy (non-hydrogen) atoms. The number of nitrogens with zero attached hydrogens (tertiary/aromatic N) is 1. The van der Waals surface area contributed by atoms with E-state index in [0.29, 0.717) is 5.52 Å². The fraction of sp³-hybridized carbons (Fsp3) is 0.0500. The maximum absolute atomic E-state index is 14.4. The topological polar surface area (TPSA) is 79.3 Å². The third kappa shape index (κ3) is 3.28. The molecule has 2 aromatic heterocycles. The van der Waals surface area contributed by atoms with Gasteiger partial charge in [0.15, 0.2) is 5.01 Å². The molecule has 0 bridgehead atoms. The van der Waals surface area contributed by atoms with Crippen LogP contribution in [0.2, 0.25) is 0 Å². The van der Waals surface area contributed by atoms with E-state index in [1.165, 1.54) is 28.8 Å². The lowest BCUT2D eigenvalue weighted by molar-refractivity contribution is 0.0699. The highest BCUT2D eigenvalue weighted by Crippen LogP contribution is 2.37. The largest absolute Gasteiger partial charge is 0.478 e. The van der Waals surface area contributed by atoms with Gasteiger partial charge in [0.25, 0.3) is 5.91 Å². The zero-order valence-electron chi connectivity index (χ0n) is 14.5. The Bertz CT molecular complexity index is 1200. The molecule has 0 aliphatic rings. The Kier molecular flexibility index (Phi) is 4.66. The third-order valence-electron chi connectivity index (χ3n) is 4.13. The van der Waals surface area contributed by atoms with Crippen molar-refractivity contribution in [3.05, 3.63) is 69.8 Å². The molecule has 2 heterocycles. The molecule has 0 saturated heterocycles. The van der Waals surface area contributed by atoms with Crippen LogP contribution in [0.4, 0.5) is 9.39 Å². The number of rotatable bonds is 4. The van der Waals surface area contributed by atoms with Crippen molar-refractivity contribution in [3.8, 4) is 11.1 Å². The van der Waals surface area contributed by atoms with Gasteiger partial charge in [-0.1, -0.05) is 24.3 Å². The molecule has 8 heteroatoms. The smallest absolute Gasteiger partial charge is 0.339 e. The Labute approximate surface area is 167 Å². The number of benzene rings is 2. The maximum Gasteiger partial charge on any atom is 0.339 e. The number of carboxylic acids is 1. The molecule has 4 aromatic rings. The standard InChI is InChI=1S/C20H13FN2O3S2/c1-10-6-7-11(13(21)8-10)12-9-27-18(16(12)20(25)26)23-17(24)19-22-14-4-2-3-5-15(14)28-19/h2-9H,1H3,(H,23,24)(H,25,26). The monoisotopic (exact) mass is 412 g/mol. The van der Waals surface area contributed by atoms with E-state index in [9.17, 15) is 19.1 Å². The van der Waals surface area contributed by atoms with E-state index in [2.05, 4.69) is 10.3 Å². The lowest BCUT2D eigenvalue weighted by Crippen LogP contribution is -2.13. The zero-order valence-corrected chi connectivity index (χ0v) is 16.2. The number of aromatic nitrogens is 1. The molecule has 140 valence electrons. The van der Waals surface area contributed by atoms with Crippen LogP contribution in [0.15, 0.2) is 47.8 Å². The Morgan fingerprint density at radius 2 is 1.93 bits per heavy atom. The molecule has 0 atom stereocenters. The van der Waals surface area contributed by atoms with Crippen LogP contribution in [0.5, 0.6) is 0 Å². The summed E-state index contributed by atoms with van der Waals surface area (Å²) in [4.78, 5) is 28.7. The van der Waals surface area contributed by atoms with E-state index in [0.717, 1.165) is 21.6 Å². The number of thiophene rings is 1. The first kappa shape index (κ1) is 18.3. The summed E-state index contributed by atoms with van der Waals surface area (Å²) in [7, 11) is 0. The van der Waals surface area contributed by atoms with Gasteiger partial charge < -0.3 is 10.4 Å². The van der Waals surface area contributed by atoms with E-state index < -0.39 is 17.7 Å². The van der Waals surface area contributed by atoms with Gasteiger partial charge in [-0.2, -0.15) is 0 Å². The van der Waals surface area contributed by atoms with E-state index in [4.69, 9.17) is 0 Å². The second-order valence-corrected chi connectivity index (χ2v) is 7.99. The van der Waals surface area contributed by atoms with E-state index in [1.807, 2.05) is 18.2 Å². The normalized spacial score (nSPS) is 10.9. The number of fused-ring (bicyclic) bond motifs is 1. The summed E-state index contributed by atoms with van der Waals surface area (Å²) in [6.45, 7) is 1.75. The molecular formula is C20H13FN2O3S2. The number of carbonyl (C=O) groups is 2. The number of halogens is 1. The fourth-order valence-corrected chi connectivity index (χ4v) is 4.63. The quantitative estimate of drug-likeness (QED) is 0.469. The van der Waals surface area contributed by atoms with E-state index in [1.54, 1.807) is 19.1 Å². The average Bonchev–Trinajstić information content (AvgIpc) is 3.26. The highest BCUT2D eigenvalue weighted by atomic mass is 32.1. The summed E-state index contributed by atoms with van der Waals surface area (Å²) in [6, 6.07) is 11.9. The van der Waals surface area contributed by atoms with Gasteiger partial charge >= 0.3 is 5.97 Å². The average molecular weight is 412 g/mol.